The van der Waals surface area contributed by atoms with Gasteiger partial charge in [0.1, 0.15) is 29.5 Å². The van der Waals surface area contributed by atoms with E-state index in [1.54, 1.807) is 20.8 Å². The SMILES string of the molecule is CC(=O)O[C@@]12COC1CC(O)C1(C)C(=O)[C@H](O)C3=C(C)[C@@H](OC(=O)C(O)[C@H](CC(C)C)NC(=O)OC(C)(C)C)CC(O)([C@@H](O)[C@@H]12)C3(C)C. The van der Waals surface area contributed by atoms with Gasteiger partial charge >= 0.3 is 18.0 Å². The van der Waals surface area contributed by atoms with Crippen LogP contribution in [-0.2, 0) is 33.3 Å². The number of carbonyl (C=O) groups excluding carboxylic acids is 4. The second-order valence-electron chi connectivity index (χ2n) is 16.2. The van der Waals surface area contributed by atoms with Crippen LogP contribution in [0.1, 0.15) is 88.5 Å². The molecule has 4 rings (SSSR count). The maximum absolute atomic E-state index is 14.4. The second-order valence-corrected chi connectivity index (χ2v) is 16.2. The van der Waals surface area contributed by atoms with Gasteiger partial charge in [0.25, 0.3) is 0 Å². The standard InChI is InChI=1S/C34H53NO13/c1-15(2)11-18(35-29(43)48-30(5,6)7)23(38)28(42)46-19-13-34(44)27(41)25-32(10,26(40)24(39)22(16(19)3)31(34,8)9)20(37)12-21-33(25,14-45-21)47-17(4)36/h15,18-21,23-25,27,37-39,41,44H,11-14H2,1-10H3,(H,35,43)/t18-,19-,20?,21?,23?,24+,25-,27-,32?,33-,34?/m0/s1. The molecule has 0 aromatic rings. The van der Waals surface area contributed by atoms with Crippen LogP contribution in [-0.4, -0.2) is 115 Å². The zero-order chi connectivity index (χ0) is 36.5. The Morgan fingerprint density at radius 1 is 1.10 bits per heavy atom. The topological polar surface area (TPSA) is 218 Å². The van der Waals surface area contributed by atoms with Crippen molar-refractivity contribution in [1.82, 2.24) is 5.32 Å². The third-order valence-electron chi connectivity index (χ3n) is 11.0. The van der Waals surface area contributed by atoms with Crippen molar-refractivity contribution in [3.05, 3.63) is 11.1 Å². The predicted molar refractivity (Wildman–Crippen MR) is 168 cm³/mol. The van der Waals surface area contributed by atoms with Gasteiger partial charge in [-0.3, -0.25) is 9.59 Å². The first-order chi connectivity index (χ1) is 21.8. The van der Waals surface area contributed by atoms with Crippen LogP contribution < -0.4 is 5.32 Å². The van der Waals surface area contributed by atoms with Gasteiger partial charge in [0.15, 0.2) is 17.5 Å². The van der Waals surface area contributed by atoms with Gasteiger partial charge in [-0.1, -0.05) is 27.7 Å². The molecule has 0 aromatic heterocycles. The van der Waals surface area contributed by atoms with Crippen molar-refractivity contribution in [2.75, 3.05) is 6.61 Å². The van der Waals surface area contributed by atoms with Crippen LogP contribution in [0.5, 0.6) is 0 Å². The molecule has 14 heteroatoms. The fraction of sp³-hybridized carbons (Fsp3) is 0.824. The number of hydrogen-bond donors (Lipinski definition) is 6. The van der Waals surface area contributed by atoms with Gasteiger partial charge < -0.3 is 49.8 Å². The summed E-state index contributed by atoms with van der Waals surface area (Å²) in [5.74, 6) is -4.27. The first-order valence-electron chi connectivity index (χ1n) is 16.6. The summed E-state index contributed by atoms with van der Waals surface area (Å²) in [6, 6.07) is -1.12. The summed E-state index contributed by atoms with van der Waals surface area (Å²) in [5, 5.41) is 61.8. The highest BCUT2D eigenvalue weighted by molar-refractivity contribution is 5.93. The molecule has 1 amide bonds. The molecule has 1 saturated heterocycles. The van der Waals surface area contributed by atoms with Crippen molar-refractivity contribution in [2.45, 2.75) is 148 Å². The van der Waals surface area contributed by atoms with Gasteiger partial charge in [0, 0.05) is 31.1 Å². The van der Waals surface area contributed by atoms with E-state index < -0.39 is 106 Å². The zero-order valence-electron chi connectivity index (χ0n) is 29.5. The van der Waals surface area contributed by atoms with Crippen molar-refractivity contribution < 1.29 is 63.7 Å². The molecule has 2 bridgehead atoms. The highest BCUT2D eigenvalue weighted by atomic mass is 16.6. The molecule has 48 heavy (non-hydrogen) atoms. The minimum atomic E-state index is -2.25. The van der Waals surface area contributed by atoms with Crippen LogP contribution in [0.15, 0.2) is 11.1 Å². The first-order valence-corrected chi connectivity index (χ1v) is 16.6. The van der Waals surface area contributed by atoms with E-state index in [0.717, 1.165) is 6.92 Å². The Balaban J connectivity index is 1.77. The largest absolute Gasteiger partial charge is 0.456 e. The predicted octanol–water partition coefficient (Wildman–Crippen LogP) is 1.07. The quantitative estimate of drug-likeness (QED) is 0.126. The number of nitrogens with one attached hydrogen (secondary N) is 1. The maximum atomic E-state index is 14.4. The Bertz CT molecular complexity index is 1350. The fourth-order valence-corrected chi connectivity index (χ4v) is 8.50. The van der Waals surface area contributed by atoms with Crippen LogP contribution in [0, 0.1) is 22.7 Å². The molecular weight excluding hydrogens is 630 g/mol. The number of ether oxygens (including phenoxy) is 4. The summed E-state index contributed by atoms with van der Waals surface area (Å²) in [4.78, 5) is 52.9. The molecule has 14 nitrogen and oxygen atoms in total. The lowest BCUT2D eigenvalue weighted by atomic mass is 9.44. The minimum absolute atomic E-state index is 0.0152. The Morgan fingerprint density at radius 2 is 1.71 bits per heavy atom. The van der Waals surface area contributed by atoms with E-state index in [4.69, 9.17) is 18.9 Å². The monoisotopic (exact) mass is 683 g/mol. The van der Waals surface area contributed by atoms with E-state index in [1.165, 1.54) is 27.7 Å². The molecule has 272 valence electrons. The summed E-state index contributed by atoms with van der Waals surface area (Å²) in [6.45, 7) is 15.6. The van der Waals surface area contributed by atoms with Crippen molar-refractivity contribution in [3.63, 3.8) is 0 Å². The number of hydrogen-bond acceptors (Lipinski definition) is 13. The average molecular weight is 684 g/mol. The lowest BCUT2D eigenvalue weighted by Crippen LogP contribution is -2.81. The highest BCUT2D eigenvalue weighted by Gasteiger charge is 2.76. The van der Waals surface area contributed by atoms with Crippen LogP contribution in [0.2, 0.25) is 0 Å². The zero-order valence-corrected chi connectivity index (χ0v) is 29.5. The number of amides is 1. The molecule has 5 unspecified atom stereocenters. The number of Topliss-reactive ketones (excluding diaryl/α,β-unsaturated/α-hetero) is 1. The lowest BCUT2D eigenvalue weighted by Gasteiger charge is -2.67. The Hall–Kier alpha value is -2.62. The molecule has 3 aliphatic carbocycles. The summed E-state index contributed by atoms with van der Waals surface area (Å²) in [7, 11) is 0. The summed E-state index contributed by atoms with van der Waals surface area (Å²) < 4.78 is 22.5. The van der Waals surface area contributed by atoms with Gasteiger partial charge in [-0.05, 0) is 58.1 Å². The van der Waals surface area contributed by atoms with Crippen LogP contribution in [0.3, 0.4) is 0 Å². The molecule has 0 spiro atoms. The molecule has 2 saturated carbocycles. The van der Waals surface area contributed by atoms with Crippen molar-refractivity contribution in [1.29, 1.82) is 0 Å². The van der Waals surface area contributed by atoms with E-state index in [-0.39, 0.29) is 36.5 Å². The molecule has 11 atom stereocenters. The van der Waals surface area contributed by atoms with Crippen LogP contribution in [0.25, 0.3) is 0 Å². The number of esters is 2. The molecule has 6 N–H and O–H groups in total. The van der Waals surface area contributed by atoms with Crippen molar-refractivity contribution >= 4 is 23.8 Å². The first kappa shape index (κ1) is 38.2. The van der Waals surface area contributed by atoms with Gasteiger partial charge in [-0.25, -0.2) is 9.59 Å². The van der Waals surface area contributed by atoms with Crippen LogP contribution in [0.4, 0.5) is 4.79 Å². The Labute approximate surface area is 281 Å². The molecule has 1 aliphatic heterocycles. The molecule has 4 aliphatic rings. The molecule has 0 radical (unpaired) electrons. The second kappa shape index (κ2) is 12.6. The number of rotatable bonds is 7. The number of carbonyl (C=O) groups is 4. The lowest BCUT2D eigenvalue weighted by molar-refractivity contribution is -0.346. The smallest absolute Gasteiger partial charge is 0.407 e. The van der Waals surface area contributed by atoms with E-state index >= 15 is 0 Å². The van der Waals surface area contributed by atoms with Gasteiger partial charge in [0.05, 0.1) is 30.3 Å². The minimum Gasteiger partial charge on any atom is -0.456 e. The average Bonchev–Trinajstić information content (AvgIpc) is 2.93. The molecule has 1 heterocycles. The summed E-state index contributed by atoms with van der Waals surface area (Å²) >= 11 is 0. The fourth-order valence-electron chi connectivity index (χ4n) is 8.50. The van der Waals surface area contributed by atoms with Crippen molar-refractivity contribution in [3.8, 4) is 0 Å². The molecule has 3 fully saturated rings. The highest BCUT2D eigenvalue weighted by Crippen LogP contribution is 2.63. The van der Waals surface area contributed by atoms with Gasteiger partial charge in [-0.2, -0.15) is 0 Å². The Kier molecular flexibility index (Phi) is 10.0. The van der Waals surface area contributed by atoms with Gasteiger partial charge in [-0.15, -0.1) is 0 Å². The van der Waals surface area contributed by atoms with E-state index in [9.17, 15) is 44.7 Å². The number of ketones is 1. The van der Waals surface area contributed by atoms with Crippen molar-refractivity contribution in [2.24, 2.45) is 22.7 Å². The number of alkyl carbamates (subject to hydrolysis) is 1. The third-order valence-corrected chi connectivity index (χ3v) is 11.0. The van der Waals surface area contributed by atoms with Gasteiger partial charge in [0.2, 0.25) is 0 Å². The number of fused-ring (bicyclic) bond motifs is 5. The summed E-state index contributed by atoms with van der Waals surface area (Å²) in [5.41, 5.74) is -7.93. The van der Waals surface area contributed by atoms with E-state index in [1.807, 2.05) is 13.8 Å². The Morgan fingerprint density at radius 3 is 2.21 bits per heavy atom. The summed E-state index contributed by atoms with van der Waals surface area (Å²) in [6.07, 6.45) is -10.6. The number of aliphatic hydroxyl groups excluding tert-OH is 4. The number of aliphatic hydroxyl groups is 5. The van der Waals surface area contributed by atoms with E-state index in [0.29, 0.717) is 0 Å². The third kappa shape index (κ3) is 6.06. The van der Waals surface area contributed by atoms with Crippen LogP contribution >= 0.6 is 0 Å². The molecule has 0 aromatic carbocycles. The normalized spacial score (nSPS) is 38.7. The molecular formula is C34H53NO13. The maximum Gasteiger partial charge on any atom is 0.407 e. The van der Waals surface area contributed by atoms with E-state index in [2.05, 4.69) is 5.32 Å².